The fraction of sp³-hybridized carbons (Fsp3) is 0.333. The molecular weight excluding hydrogens is 228 g/mol. The third kappa shape index (κ3) is 1.95. The molecule has 0 spiro atoms. The number of benzene rings is 1. The molecule has 84 valence electrons. The Morgan fingerprint density at radius 3 is 2.50 bits per heavy atom. The van der Waals surface area contributed by atoms with Crippen molar-refractivity contribution >= 4 is 21.4 Å². The second kappa shape index (κ2) is 4.03. The van der Waals surface area contributed by atoms with Gasteiger partial charge in [0.15, 0.2) is 0 Å². The molecule has 0 aromatic heterocycles. The van der Waals surface area contributed by atoms with Gasteiger partial charge < -0.3 is 0 Å². The molecule has 1 aromatic carbocycles. The lowest BCUT2D eigenvalue weighted by Gasteiger charge is -2.16. The minimum atomic E-state index is -3.14. The Morgan fingerprint density at radius 2 is 2.00 bits per heavy atom. The van der Waals surface area contributed by atoms with E-state index >= 15 is 0 Å². The second-order valence-corrected chi connectivity index (χ2v) is 5.46. The first-order chi connectivity index (χ1) is 7.63. The molecule has 0 saturated carbocycles. The Kier molecular flexibility index (Phi) is 2.72. The van der Waals surface area contributed by atoms with Crippen molar-refractivity contribution in [2.75, 3.05) is 16.6 Å². The summed E-state index contributed by atoms with van der Waals surface area (Å²) < 4.78 is 24.6. The van der Waals surface area contributed by atoms with E-state index in [1.807, 2.05) is 0 Å². The molecule has 1 saturated heterocycles. The van der Waals surface area contributed by atoms with Crippen LogP contribution in [-0.2, 0) is 10.0 Å². The van der Waals surface area contributed by atoms with E-state index in [4.69, 9.17) is 5.53 Å². The summed E-state index contributed by atoms with van der Waals surface area (Å²) in [5, 5.41) is 3.42. The van der Waals surface area contributed by atoms with E-state index in [0.717, 1.165) is 0 Å². The van der Waals surface area contributed by atoms with E-state index in [1.165, 1.54) is 4.31 Å². The fourth-order valence-electron chi connectivity index (χ4n) is 1.67. The first-order valence-corrected chi connectivity index (χ1v) is 6.40. The predicted molar refractivity (Wildman–Crippen MR) is 61.0 cm³/mol. The molecule has 2 rings (SSSR count). The molecule has 16 heavy (non-hydrogen) atoms. The van der Waals surface area contributed by atoms with Crippen molar-refractivity contribution < 1.29 is 8.42 Å². The van der Waals surface area contributed by atoms with Crippen LogP contribution in [0.5, 0.6) is 0 Å². The SMILES string of the molecule is [N-]=[N+]=Nc1ccc(N2CCCS2(=O)=O)cc1. The van der Waals surface area contributed by atoms with Crippen LogP contribution in [0.25, 0.3) is 10.4 Å². The van der Waals surface area contributed by atoms with E-state index in [9.17, 15) is 8.42 Å². The van der Waals surface area contributed by atoms with Crippen LogP contribution in [0.2, 0.25) is 0 Å². The maximum atomic E-state index is 11.6. The molecule has 1 aliphatic rings. The molecule has 0 amide bonds. The van der Waals surface area contributed by atoms with Crippen molar-refractivity contribution in [3.63, 3.8) is 0 Å². The minimum absolute atomic E-state index is 0.200. The van der Waals surface area contributed by atoms with Crippen LogP contribution in [0.1, 0.15) is 6.42 Å². The molecule has 7 heteroatoms. The average molecular weight is 238 g/mol. The summed E-state index contributed by atoms with van der Waals surface area (Å²) in [6, 6.07) is 6.49. The molecule has 1 aliphatic heterocycles. The number of hydrogen-bond donors (Lipinski definition) is 0. The quantitative estimate of drug-likeness (QED) is 0.449. The largest absolute Gasteiger partial charge is 0.270 e. The lowest BCUT2D eigenvalue weighted by atomic mass is 10.3. The molecule has 6 nitrogen and oxygen atoms in total. The highest BCUT2D eigenvalue weighted by Gasteiger charge is 2.28. The Balaban J connectivity index is 2.32. The lowest BCUT2D eigenvalue weighted by Crippen LogP contribution is -2.24. The van der Waals surface area contributed by atoms with Crippen molar-refractivity contribution in [1.29, 1.82) is 0 Å². The summed E-state index contributed by atoms with van der Waals surface area (Å²) in [6.07, 6.45) is 0.653. The number of anilines is 1. The molecule has 1 fully saturated rings. The first kappa shape index (κ1) is 10.8. The van der Waals surface area contributed by atoms with Crippen molar-refractivity contribution in [1.82, 2.24) is 0 Å². The molecule has 1 aromatic rings. The monoisotopic (exact) mass is 238 g/mol. The molecule has 1 heterocycles. The van der Waals surface area contributed by atoms with Crippen molar-refractivity contribution in [3.8, 4) is 0 Å². The molecule has 0 radical (unpaired) electrons. The molecule has 0 unspecified atom stereocenters. The summed E-state index contributed by atoms with van der Waals surface area (Å²) in [7, 11) is -3.14. The maximum absolute atomic E-state index is 11.6. The highest BCUT2D eigenvalue weighted by atomic mass is 32.2. The summed E-state index contributed by atoms with van der Waals surface area (Å²) in [5.41, 5.74) is 9.33. The van der Waals surface area contributed by atoms with Gasteiger partial charge >= 0.3 is 0 Å². The van der Waals surface area contributed by atoms with Crippen LogP contribution in [0.4, 0.5) is 11.4 Å². The molecule has 0 N–H and O–H groups in total. The summed E-state index contributed by atoms with van der Waals surface area (Å²) in [5.74, 6) is 0.200. The number of sulfonamides is 1. The normalized spacial score (nSPS) is 18.1. The average Bonchev–Trinajstić information content (AvgIpc) is 2.60. The number of nitrogens with zero attached hydrogens (tertiary/aromatic N) is 4. The summed E-state index contributed by atoms with van der Waals surface area (Å²) in [4.78, 5) is 2.65. The zero-order chi connectivity index (χ0) is 11.6. The third-order valence-electron chi connectivity index (χ3n) is 2.40. The molecule has 0 aliphatic carbocycles. The van der Waals surface area contributed by atoms with Gasteiger partial charge in [0, 0.05) is 17.1 Å². The number of rotatable bonds is 2. The minimum Gasteiger partial charge on any atom is -0.270 e. The van der Waals surface area contributed by atoms with Crippen LogP contribution >= 0.6 is 0 Å². The van der Waals surface area contributed by atoms with Crippen LogP contribution in [0, 0.1) is 0 Å². The molecule has 0 bridgehead atoms. The van der Waals surface area contributed by atoms with Crippen molar-refractivity contribution in [3.05, 3.63) is 34.7 Å². The first-order valence-electron chi connectivity index (χ1n) is 4.79. The van der Waals surface area contributed by atoms with E-state index in [0.29, 0.717) is 24.3 Å². The van der Waals surface area contributed by atoms with Crippen molar-refractivity contribution in [2.45, 2.75) is 6.42 Å². The van der Waals surface area contributed by atoms with Gasteiger partial charge in [0.05, 0.1) is 11.4 Å². The molecule has 0 atom stereocenters. The lowest BCUT2D eigenvalue weighted by molar-refractivity contribution is 0.599. The number of hydrogen-bond acceptors (Lipinski definition) is 3. The van der Waals surface area contributed by atoms with E-state index in [-0.39, 0.29) is 5.75 Å². The van der Waals surface area contributed by atoms with Gasteiger partial charge in [-0.05, 0) is 24.1 Å². The van der Waals surface area contributed by atoms with Gasteiger partial charge in [-0.3, -0.25) is 4.31 Å². The van der Waals surface area contributed by atoms with Crippen LogP contribution < -0.4 is 4.31 Å². The third-order valence-corrected chi connectivity index (χ3v) is 4.27. The Morgan fingerprint density at radius 1 is 1.31 bits per heavy atom. The smallest absolute Gasteiger partial charge is 0.235 e. The van der Waals surface area contributed by atoms with Crippen molar-refractivity contribution in [2.24, 2.45) is 5.11 Å². The van der Waals surface area contributed by atoms with Gasteiger partial charge in [0.1, 0.15) is 0 Å². The van der Waals surface area contributed by atoms with Gasteiger partial charge in [-0.2, -0.15) is 0 Å². The van der Waals surface area contributed by atoms with Crippen LogP contribution in [0.15, 0.2) is 29.4 Å². The number of azide groups is 1. The van der Waals surface area contributed by atoms with Gasteiger partial charge in [0.25, 0.3) is 0 Å². The van der Waals surface area contributed by atoms with E-state index in [1.54, 1.807) is 24.3 Å². The Labute approximate surface area is 93.2 Å². The predicted octanol–water partition coefficient (Wildman–Crippen LogP) is 2.17. The van der Waals surface area contributed by atoms with E-state index in [2.05, 4.69) is 10.0 Å². The fourth-order valence-corrected chi connectivity index (χ4v) is 3.23. The summed E-state index contributed by atoms with van der Waals surface area (Å²) in [6.45, 7) is 0.517. The molecular formula is C9H10N4O2S. The highest BCUT2D eigenvalue weighted by Crippen LogP contribution is 2.25. The van der Waals surface area contributed by atoms with Crippen LogP contribution in [0.3, 0.4) is 0 Å². The van der Waals surface area contributed by atoms with Crippen LogP contribution in [-0.4, -0.2) is 20.7 Å². The van der Waals surface area contributed by atoms with Gasteiger partial charge in [-0.15, -0.1) is 0 Å². The van der Waals surface area contributed by atoms with Gasteiger partial charge in [0.2, 0.25) is 10.0 Å². The Bertz CT molecular complexity index is 531. The van der Waals surface area contributed by atoms with Gasteiger partial charge in [-0.1, -0.05) is 17.2 Å². The zero-order valence-corrected chi connectivity index (χ0v) is 9.26. The summed E-state index contributed by atoms with van der Waals surface area (Å²) >= 11 is 0. The maximum Gasteiger partial charge on any atom is 0.235 e. The van der Waals surface area contributed by atoms with Gasteiger partial charge in [-0.25, -0.2) is 8.42 Å². The second-order valence-electron chi connectivity index (χ2n) is 3.45. The Hall–Kier alpha value is -1.72. The zero-order valence-electron chi connectivity index (χ0n) is 8.44. The standard InChI is InChI=1S/C9H10N4O2S/c10-12-11-8-2-4-9(5-3-8)13-6-1-7-16(13,14)15/h2-5H,1,6-7H2. The highest BCUT2D eigenvalue weighted by molar-refractivity contribution is 7.93. The topological polar surface area (TPSA) is 86.1 Å². The van der Waals surface area contributed by atoms with E-state index < -0.39 is 10.0 Å².